The van der Waals surface area contributed by atoms with Crippen molar-refractivity contribution in [3.63, 3.8) is 0 Å². The zero-order chi connectivity index (χ0) is 23.9. The zero-order valence-electron chi connectivity index (χ0n) is 20.8. The lowest BCUT2D eigenvalue weighted by atomic mass is 10.1. The van der Waals surface area contributed by atoms with Gasteiger partial charge in [0.2, 0.25) is 0 Å². The van der Waals surface area contributed by atoms with Gasteiger partial charge in [0.1, 0.15) is 5.69 Å². The number of aryl methyl sites for hydroxylation is 4. The summed E-state index contributed by atoms with van der Waals surface area (Å²) in [6.45, 7) is 15.5. The number of ketones is 1. The molecule has 3 aromatic rings. The fourth-order valence-electron chi connectivity index (χ4n) is 3.15. The predicted molar refractivity (Wildman–Crippen MR) is 130 cm³/mol. The summed E-state index contributed by atoms with van der Waals surface area (Å²) in [6, 6.07) is 10.5. The van der Waals surface area contributed by atoms with Gasteiger partial charge in [-0.3, -0.25) is 14.2 Å². The van der Waals surface area contributed by atoms with Crippen LogP contribution in [-0.4, -0.2) is 19.9 Å². The van der Waals surface area contributed by atoms with Crippen LogP contribution in [0.4, 0.5) is 0 Å². The van der Waals surface area contributed by atoms with Crippen molar-refractivity contribution in [2.75, 3.05) is 0 Å². The topological polar surface area (TPSA) is 56.9 Å². The molecule has 5 nitrogen and oxygen atoms in total. The van der Waals surface area contributed by atoms with Crippen LogP contribution in [0, 0.1) is 27.7 Å². The van der Waals surface area contributed by atoms with Gasteiger partial charge >= 0.3 is 0 Å². The summed E-state index contributed by atoms with van der Waals surface area (Å²) in [5.74, 6) is 0.318. The van der Waals surface area contributed by atoms with Gasteiger partial charge in [-0.25, -0.2) is 4.98 Å². The Balaban J connectivity index is 0.000000337. The molecular weight excluding hydrogens is 386 g/mol. The van der Waals surface area contributed by atoms with Gasteiger partial charge in [-0.1, -0.05) is 39.0 Å². The van der Waals surface area contributed by atoms with Gasteiger partial charge in [0.05, 0.1) is 5.69 Å². The molecule has 2 aromatic heterocycles. The van der Waals surface area contributed by atoms with Gasteiger partial charge in [0.25, 0.3) is 5.56 Å². The van der Waals surface area contributed by atoms with Crippen molar-refractivity contribution in [3.05, 3.63) is 74.3 Å². The van der Waals surface area contributed by atoms with Crippen molar-refractivity contribution < 1.29 is 4.79 Å². The normalized spacial score (nSPS) is 10.0. The minimum absolute atomic E-state index is 0.186. The summed E-state index contributed by atoms with van der Waals surface area (Å²) in [5.41, 5.74) is 6.56. The maximum Gasteiger partial charge on any atom is 0.257 e. The Morgan fingerprint density at radius 1 is 0.935 bits per heavy atom. The van der Waals surface area contributed by atoms with Crippen molar-refractivity contribution in [2.24, 2.45) is 14.1 Å². The van der Waals surface area contributed by atoms with E-state index in [1.807, 2.05) is 44.5 Å². The quantitative estimate of drug-likeness (QED) is 0.523. The second kappa shape index (κ2) is 11.4. The molecule has 3 rings (SSSR count). The number of carbonyl (C=O) groups is 1. The Bertz CT molecular complexity index is 1100. The second-order valence-electron chi connectivity index (χ2n) is 7.52. The van der Waals surface area contributed by atoms with E-state index in [0.717, 1.165) is 17.8 Å². The standard InChI is InChI=1S/C14H17N3O2.C10H14.C2H6/c1-8-6-7-11(16(8)4)13-15-12(10(3)18)9(2)14(19)17(13)5;1-4-10-6-5-8(2)9(3)7-10;1-2/h6-7H,1-5H3;5-7H,4H2,1-3H3;1-2H3. The average Bonchev–Trinajstić information content (AvgIpc) is 3.08. The van der Waals surface area contributed by atoms with Crippen LogP contribution >= 0.6 is 0 Å². The predicted octanol–water partition coefficient (Wildman–Crippen LogP) is 5.50. The molecule has 0 aliphatic rings. The van der Waals surface area contributed by atoms with E-state index in [1.165, 1.54) is 28.2 Å². The van der Waals surface area contributed by atoms with Crippen molar-refractivity contribution in [3.8, 4) is 11.5 Å². The molecule has 168 valence electrons. The Labute approximate surface area is 186 Å². The van der Waals surface area contributed by atoms with Gasteiger partial charge in [-0.05, 0) is 62.9 Å². The van der Waals surface area contributed by atoms with Crippen molar-refractivity contribution in [1.82, 2.24) is 14.1 Å². The summed E-state index contributed by atoms with van der Waals surface area (Å²) >= 11 is 0. The highest BCUT2D eigenvalue weighted by Gasteiger charge is 2.17. The maximum atomic E-state index is 12.2. The third-order valence-corrected chi connectivity index (χ3v) is 5.43. The van der Waals surface area contributed by atoms with E-state index in [-0.39, 0.29) is 17.0 Å². The molecule has 0 saturated heterocycles. The number of rotatable bonds is 3. The SMILES string of the molecule is CC.CC(=O)c1nc(-c2ccc(C)n2C)n(C)c(=O)c1C.CCc1ccc(C)c(C)c1. The number of carbonyl (C=O) groups excluding carboxylic acids is 1. The monoisotopic (exact) mass is 423 g/mol. The van der Waals surface area contributed by atoms with Crippen LogP contribution in [0.1, 0.15) is 66.1 Å². The van der Waals surface area contributed by atoms with E-state index in [9.17, 15) is 9.59 Å². The zero-order valence-corrected chi connectivity index (χ0v) is 20.8. The van der Waals surface area contributed by atoms with E-state index in [0.29, 0.717) is 11.4 Å². The van der Waals surface area contributed by atoms with Crippen LogP contribution in [0.25, 0.3) is 11.5 Å². The molecule has 0 unspecified atom stereocenters. The fraction of sp³-hybridized carbons (Fsp3) is 0.423. The lowest BCUT2D eigenvalue weighted by Crippen LogP contribution is -2.26. The first-order valence-electron chi connectivity index (χ1n) is 10.9. The lowest BCUT2D eigenvalue weighted by molar-refractivity contribution is 0.101. The molecule has 0 radical (unpaired) electrons. The number of hydrogen-bond acceptors (Lipinski definition) is 3. The molecule has 1 aromatic carbocycles. The highest BCUT2D eigenvalue weighted by Crippen LogP contribution is 2.19. The highest BCUT2D eigenvalue weighted by atomic mass is 16.1. The highest BCUT2D eigenvalue weighted by molar-refractivity contribution is 5.93. The van der Waals surface area contributed by atoms with Crippen molar-refractivity contribution in [1.29, 1.82) is 0 Å². The van der Waals surface area contributed by atoms with Crippen LogP contribution < -0.4 is 5.56 Å². The fourth-order valence-corrected chi connectivity index (χ4v) is 3.15. The van der Waals surface area contributed by atoms with Gasteiger partial charge in [0.15, 0.2) is 11.6 Å². The van der Waals surface area contributed by atoms with Crippen LogP contribution in [-0.2, 0) is 20.5 Å². The molecule has 0 spiro atoms. The minimum Gasteiger partial charge on any atom is -0.345 e. The molecule has 0 aliphatic carbocycles. The summed E-state index contributed by atoms with van der Waals surface area (Å²) in [5, 5.41) is 0. The Hall–Kier alpha value is -2.95. The minimum atomic E-state index is -0.192. The number of aromatic nitrogens is 3. The number of benzene rings is 1. The van der Waals surface area contributed by atoms with E-state index in [2.05, 4.69) is 44.0 Å². The third kappa shape index (κ3) is 6.03. The molecule has 5 heteroatoms. The molecule has 31 heavy (non-hydrogen) atoms. The summed E-state index contributed by atoms with van der Waals surface area (Å²) < 4.78 is 3.43. The Kier molecular flexibility index (Phi) is 9.63. The average molecular weight is 424 g/mol. The van der Waals surface area contributed by atoms with Gasteiger partial charge in [0, 0.05) is 32.3 Å². The molecule has 0 saturated carbocycles. The largest absolute Gasteiger partial charge is 0.345 e. The van der Waals surface area contributed by atoms with Gasteiger partial charge < -0.3 is 4.57 Å². The molecule has 0 amide bonds. The van der Waals surface area contributed by atoms with Crippen molar-refractivity contribution in [2.45, 2.75) is 61.8 Å². The summed E-state index contributed by atoms with van der Waals surface area (Å²) in [6.07, 6.45) is 1.14. The Morgan fingerprint density at radius 2 is 1.55 bits per heavy atom. The first-order valence-corrected chi connectivity index (χ1v) is 10.9. The van der Waals surface area contributed by atoms with E-state index in [4.69, 9.17) is 0 Å². The molecule has 0 bridgehead atoms. The van der Waals surface area contributed by atoms with E-state index >= 15 is 0 Å². The lowest BCUT2D eigenvalue weighted by Gasteiger charge is -2.12. The number of nitrogens with zero attached hydrogens (tertiary/aromatic N) is 3. The third-order valence-electron chi connectivity index (χ3n) is 5.43. The molecular formula is C26H37N3O2. The van der Waals surface area contributed by atoms with E-state index < -0.39 is 0 Å². The van der Waals surface area contributed by atoms with Crippen LogP contribution in [0.2, 0.25) is 0 Å². The second-order valence-corrected chi connectivity index (χ2v) is 7.52. The van der Waals surface area contributed by atoms with Gasteiger partial charge in [-0.2, -0.15) is 0 Å². The molecule has 0 N–H and O–H groups in total. The molecule has 2 heterocycles. The summed E-state index contributed by atoms with van der Waals surface area (Å²) in [7, 11) is 3.58. The van der Waals surface area contributed by atoms with Crippen LogP contribution in [0.3, 0.4) is 0 Å². The van der Waals surface area contributed by atoms with Gasteiger partial charge in [-0.15, -0.1) is 0 Å². The van der Waals surface area contributed by atoms with Crippen LogP contribution in [0.15, 0.2) is 35.1 Å². The number of Topliss-reactive ketones (excluding diaryl/α,β-unsaturated/α-hetero) is 1. The molecule has 0 atom stereocenters. The summed E-state index contributed by atoms with van der Waals surface area (Å²) in [4.78, 5) is 28.1. The van der Waals surface area contributed by atoms with Crippen molar-refractivity contribution >= 4 is 5.78 Å². The first-order chi connectivity index (χ1) is 14.6. The Morgan fingerprint density at radius 3 is 2.00 bits per heavy atom. The maximum absolute atomic E-state index is 12.2. The molecule has 0 aliphatic heterocycles. The van der Waals surface area contributed by atoms with E-state index in [1.54, 1.807) is 14.0 Å². The first kappa shape index (κ1) is 26.1. The number of hydrogen-bond donors (Lipinski definition) is 0. The smallest absolute Gasteiger partial charge is 0.257 e. The van der Waals surface area contributed by atoms with Crippen LogP contribution in [0.5, 0.6) is 0 Å². The molecule has 0 fully saturated rings.